The summed E-state index contributed by atoms with van der Waals surface area (Å²) in [5.74, 6) is 1.31. The van der Waals surface area contributed by atoms with E-state index in [2.05, 4.69) is 19.1 Å². The van der Waals surface area contributed by atoms with Gasteiger partial charge in [-0.1, -0.05) is 49.4 Å². The molecular formula is C18H18O2. The molecule has 1 aliphatic rings. The molecule has 1 heterocycles. The Hall–Kier alpha value is -2.09. The Labute approximate surface area is 119 Å². The predicted molar refractivity (Wildman–Crippen MR) is 79.3 cm³/mol. The molecule has 1 aliphatic heterocycles. The molecule has 0 aromatic heterocycles. The Bertz CT molecular complexity index is 604. The summed E-state index contributed by atoms with van der Waals surface area (Å²) in [4.78, 5) is 12.1. The van der Waals surface area contributed by atoms with Crippen molar-refractivity contribution >= 4 is 5.78 Å². The van der Waals surface area contributed by atoms with E-state index < -0.39 is 0 Å². The molecule has 2 aromatic carbocycles. The minimum atomic E-state index is -0.0207. The molecule has 0 fully saturated rings. The zero-order valence-electron chi connectivity index (χ0n) is 11.6. The number of benzene rings is 2. The molecule has 2 aromatic rings. The van der Waals surface area contributed by atoms with E-state index in [-0.39, 0.29) is 11.9 Å². The summed E-state index contributed by atoms with van der Waals surface area (Å²) in [5, 5.41) is 0. The number of fused-ring (bicyclic) bond motifs is 1. The molecule has 0 N–H and O–H groups in total. The van der Waals surface area contributed by atoms with Gasteiger partial charge in [0.05, 0.1) is 5.56 Å². The first kappa shape index (κ1) is 12.9. The molecule has 0 bridgehead atoms. The van der Waals surface area contributed by atoms with E-state index in [9.17, 15) is 4.79 Å². The Morgan fingerprint density at radius 3 is 2.60 bits per heavy atom. The molecule has 0 saturated heterocycles. The number of rotatable bonds is 3. The lowest BCUT2D eigenvalue weighted by molar-refractivity contribution is 0.0830. The number of carbonyl (C=O) groups is 1. The maximum atomic E-state index is 12.1. The third kappa shape index (κ3) is 2.60. The van der Waals surface area contributed by atoms with Gasteiger partial charge in [-0.3, -0.25) is 4.79 Å². The molecular weight excluding hydrogens is 248 g/mol. The van der Waals surface area contributed by atoms with Gasteiger partial charge in [0.15, 0.2) is 5.78 Å². The van der Waals surface area contributed by atoms with Crippen LogP contribution in [-0.2, 0) is 0 Å². The molecule has 2 unspecified atom stereocenters. The molecule has 2 nitrogen and oxygen atoms in total. The zero-order chi connectivity index (χ0) is 13.9. The van der Waals surface area contributed by atoms with E-state index in [1.165, 1.54) is 5.56 Å². The van der Waals surface area contributed by atoms with Crippen LogP contribution < -0.4 is 4.74 Å². The highest BCUT2D eigenvalue weighted by Crippen LogP contribution is 2.31. The first-order valence-electron chi connectivity index (χ1n) is 7.08. The SMILES string of the molecule is CC(CC1CC(=O)c2ccccc2O1)c1ccccc1. The van der Waals surface area contributed by atoms with Gasteiger partial charge in [-0.15, -0.1) is 0 Å². The van der Waals surface area contributed by atoms with E-state index in [0.29, 0.717) is 12.3 Å². The molecule has 2 heteroatoms. The molecule has 0 saturated carbocycles. The first-order valence-corrected chi connectivity index (χ1v) is 7.08. The maximum Gasteiger partial charge on any atom is 0.170 e. The Morgan fingerprint density at radius 1 is 1.10 bits per heavy atom. The fourth-order valence-electron chi connectivity index (χ4n) is 2.78. The number of carbonyl (C=O) groups excluding carboxylic acids is 1. The Morgan fingerprint density at radius 2 is 1.80 bits per heavy atom. The normalized spacial score (nSPS) is 19.1. The van der Waals surface area contributed by atoms with Crippen LogP contribution in [-0.4, -0.2) is 11.9 Å². The smallest absolute Gasteiger partial charge is 0.170 e. The third-order valence-electron chi connectivity index (χ3n) is 3.88. The van der Waals surface area contributed by atoms with Crippen LogP contribution in [0.3, 0.4) is 0 Å². The summed E-state index contributed by atoms with van der Waals surface area (Å²) in [6, 6.07) is 17.9. The van der Waals surface area contributed by atoms with Crippen LogP contribution in [0.15, 0.2) is 54.6 Å². The average Bonchev–Trinajstić information content (AvgIpc) is 2.48. The summed E-state index contributed by atoms with van der Waals surface area (Å²) in [5.41, 5.74) is 2.01. The Balaban J connectivity index is 1.73. The van der Waals surface area contributed by atoms with Crippen molar-refractivity contribution in [3.63, 3.8) is 0 Å². The number of hydrogen-bond donors (Lipinski definition) is 0. The molecule has 102 valence electrons. The van der Waals surface area contributed by atoms with E-state index in [1.54, 1.807) is 0 Å². The van der Waals surface area contributed by atoms with Crippen molar-refractivity contribution in [1.29, 1.82) is 0 Å². The summed E-state index contributed by atoms with van der Waals surface area (Å²) in [6.07, 6.45) is 1.32. The fourth-order valence-corrected chi connectivity index (χ4v) is 2.78. The molecule has 0 radical (unpaired) electrons. The molecule has 0 spiro atoms. The van der Waals surface area contributed by atoms with Crippen LogP contribution in [0.5, 0.6) is 5.75 Å². The van der Waals surface area contributed by atoms with Crippen molar-refractivity contribution in [1.82, 2.24) is 0 Å². The van der Waals surface area contributed by atoms with E-state index in [0.717, 1.165) is 17.7 Å². The van der Waals surface area contributed by atoms with Gasteiger partial charge in [0, 0.05) is 6.42 Å². The summed E-state index contributed by atoms with van der Waals surface area (Å²) in [7, 11) is 0. The van der Waals surface area contributed by atoms with Gasteiger partial charge in [-0.05, 0) is 30.0 Å². The van der Waals surface area contributed by atoms with Gasteiger partial charge in [0.2, 0.25) is 0 Å². The molecule has 3 rings (SSSR count). The standard InChI is InChI=1S/C18H18O2/c1-13(14-7-3-2-4-8-14)11-15-12-17(19)16-9-5-6-10-18(16)20-15/h2-10,13,15H,11-12H2,1H3. The lowest BCUT2D eigenvalue weighted by atomic mass is 9.90. The summed E-state index contributed by atoms with van der Waals surface area (Å²) < 4.78 is 5.97. The van der Waals surface area contributed by atoms with E-state index >= 15 is 0 Å². The maximum absolute atomic E-state index is 12.1. The molecule has 0 aliphatic carbocycles. The number of para-hydroxylation sites is 1. The second kappa shape index (κ2) is 5.49. The molecule has 0 amide bonds. The van der Waals surface area contributed by atoms with Crippen molar-refractivity contribution in [2.75, 3.05) is 0 Å². The van der Waals surface area contributed by atoms with Crippen LogP contribution in [0.1, 0.15) is 41.6 Å². The largest absolute Gasteiger partial charge is 0.489 e. The quantitative estimate of drug-likeness (QED) is 0.831. The fraction of sp³-hybridized carbons (Fsp3) is 0.278. The zero-order valence-corrected chi connectivity index (χ0v) is 11.6. The first-order chi connectivity index (χ1) is 9.74. The highest BCUT2D eigenvalue weighted by molar-refractivity contribution is 5.99. The minimum absolute atomic E-state index is 0.0207. The van der Waals surface area contributed by atoms with Crippen LogP contribution in [0, 0.1) is 0 Å². The van der Waals surface area contributed by atoms with Crippen molar-refractivity contribution < 1.29 is 9.53 Å². The van der Waals surface area contributed by atoms with Crippen LogP contribution >= 0.6 is 0 Å². The van der Waals surface area contributed by atoms with Gasteiger partial charge in [-0.2, -0.15) is 0 Å². The lowest BCUT2D eigenvalue weighted by Gasteiger charge is -2.27. The minimum Gasteiger partial charge on any atom is -0.489 e. The van der Waals surface area contributed by atoms with Gasteiger partial charge < -0.3 is 4.74 Å². The third-order valence-corrected chi connectivity index (χ3v) is 3.88. The van der Waals surface area contributed by atoms with Crippen LogP contribution in [0.25, 0.3) is 0 Å². The topological polar surface area (TPSA) is 26.3 Å². The van der Waals surface area contributed by atoms with Crippen molar-refractivity contribution in [3.8, 4) is 5.75 Å². The molecule has 2 atom stereocenters. The number of hydrogen-bond acceptors (Lipinski definition) is 2. The highest BCUT2D eigenvalue weighted by Gasteiger charge is 2.27. The Kier molecular flexibility index (Phi) is 3.55. The second-order valence-corrected chi connectivity index (χ2v) is 5.41. The monoisotopic (exact) mass is 266 g/mol. The van der Waals surface area contributed by atoms with Crippen molar-refractivity contribution in [3.05, 3.63) is 65.7 Å². The van der Waals surface area contributed by atoms with Crippen molar-refractivity contribution in [2.24, 2.45) is 0 Å². The van der Waals surface area contributed by atoms with E-state index in [4.69, 9.17) is 4.74 Å². The highest BCUT2D eigenvalue weighted by atomic mass is 16.5. The van der Waals surface area contributed by atoms with Gasteiger partial charge in [0.25, 0.3) is 0 Å². The van der Waals surface area contributed by atoms with Gasteiger partial charge >= 0.3 is 0 Å². The lowest BCUT2D eigenvalue weighted by Crippen LogP contribution is -2.28. The number of Topliss-reactive ketones (excluding diaryl/α,β-unsaturated/α-hetero) is 1. The summed E-state index contributed by atoms with van der Waals surface area (Å²) >= 11 is 0. The number of ketones is 1. The van der Waals surface area contributed by atoms with Gasteiger partial charge in [0.1, 0.15) is 11.9 Å². The van der Waals surface area contributed by atoms with Crippen LogP contribution in [0.2, 0.25) is 0 Å². The van der Waals surface area contributed by atoms with Gasteiger partial charge in [-0.25, -0.2) is 0 Å². The van der Waals surface area contributed by atoms with Crippen LogP contribution in [0.4, 0.5) is 0 Å². The summed E-state index contributed by atoms with van der Waals surface area (Å²) in [6.45, 7) is 2.18. The van der Waals surface area contributed by atoms with E-state index in [1.807, 2.05) is 42.5 Å². The average molecular weight is 266 g/mol. The predicted octanol–water partition coefficient (Wildman–Crippen LogP) is 4.21. The molecule has 20 heavy (non-hydrogen) atoms. The van der Waals surface area contributed by atoms with Crippen molar-refractivity contribution in [2.45, 2.75) is 31.8 Å². The number of ether oxygens (including phenoxy) is 1. The second-order valence-electron chi connectivity index (χ2n) is 5.41.